The van der Waals surface area contributed by atoms with Crippen LogP contribution in [0.25, 0.3) is 0 Å². The molecule has 19 heavy (non-hydrogen) atoms. The molecule has 0 saturated heterocycles. The van der Waals surface area contributed by atoms with Gasteiger partial charge in [0.2, 0.25) is 0 Å². The molecule has 0 radical (unpaired) electrons. The Hall–Kier alpha value is -1.61. The molecule has 102 valence electrons. The van der Waals surface area contributed by atoms with Gasteiger partial charge in [-0.1, -0.05) is 18.2 Å². The number of nitrogens with one attached hydrogen (secondary N) is 1. The molecule has 1 N–H and O–H groups in total. The lowest BCUT2D eigenvalue weighted by Gasteiger charge is -2.15. The number of aromatic nitrogens is 2. The molecule has 2 aromatic rings. The summed E-state index contributed by atoms with van der Waals surface area (Å²) in [6.07, 6.45) is 4.93. The molecular formula is C16H23N3. The van der Waals surface area contributed by atoms with E-state index in [2.05, 4.69) is 49.4 Å². The first-order chi connectivity index (χ1) is 9.16. The first kappa shape index (κ1) is 13.8. The Bertz CT molecular complexity index is 503. The summed E-state index contributed by atoms with van der Waals surface area (Å²) in [5.41, 5.74) is 4.08. The molecule has 0 aliphatic rings. The molecule has 0 aliphatic heterocycles. The first-order valence-corrected chi connectivity index (χ1v) is 6.95. The predicted octanol–water partition coefficient (Wildman–Crippen LogP) is 3.24. The van der Waals surface area contributed by atoms with Crippen molar-refractivity contribution >= 4 is 0 Å². The van der Waals surface area contributed by atoms with Crippen molar-refractivity contribution in [2.24, 2.45) is 0 Å². The first-order valence-electron chi connectivity index (χ1n) is 6.95. The molecule has 1 unspecified atom stereocenters. The molecule has 1 atom stereocenters. The second-order valence-electron chi connectivity index (χ2n) is 5.14. The van der Waals surface area contributed by atoms with Gasteiger partial charge in [0.1, 0.15) is 0 Å². The Kier molecular flexibility index (Phi) is 4.74. The summed E-state index contributed by atoms with van der Waals surface area (Å²) in [5.74, 6) is 0. The fourth-order valence-electron chi connectivity index (χ4n) is 2.14. The van der Waals surface area contributed by atoms with Crippen LogP contribution in [0, 0.1) is 13.8 Å². The highest BCUT2D eigenvalue weighted by molar-refractivity contribution is 5.31. The van der Waals surface area contributed by atoms with Crippen molar-refractivity contribution in [3.8, 4) is 0 Å². The highest BCUT2D eigenvalue weighted by Gasteiger charge is 2.05. The van der Waals surface area contributed by atoms with E-state index in [-0.39, 0.29) is 0 Å². The standard InChI is InChI=1S/C16H23N3/c1-13-6-7-16(12-14(13)2)15(3)17-8-4-10-19-11-5-9-18-19/h5-7,9,11-12,15,17H,4,8,10H2,1-3H3. The summed E-state index contributed by atoms with van der Waals surface area (Å²) in [5, 5.41) is 7.77. The van der Waals surface area contributed by atoms with Gasteiger partial charge in [0.05, 0.1) is 0 Å². The molecule has 1 aromatic heterocycles. The van der Waals surface area contributed by atoms with Crippen molar-refractivity contribution < 1.29 is 0 Å². The number of benzene rings is 1. The predicted molar refractivity (Wildman–Crippen MR) is 79.2 cm³/mol. The molecule has 0 fully saturated rings. The van der Waals surface area contributed by atoms with Crippen LogP contribution in [-0.4, -0.2) is 16.3 Å². The van der Waals surface area contributed by atoms with Crippen LogP contribution >= 0.6 is 0 Å². The van der Waals surface area contributed by atoms with Crippen molar-refractivity contribution in [2.75, 3.05) is 6.54 Å². The zero-order chi connectivity index (χ0) is 13.7. The molecule has 2 rings (SSSR count). The normalized spacial score (nSPS) is 12.6. The van der Waals surface area contributed by atoms with E-state index < -0.39 is 0 Å². The molecule has 0 bridgehead atoms. The van der Waals surface area contributed by atoms with Gasteiger partial charge < -0.3 is 5.32 Å². The molecule has 3 heteroatoms. The monoisotopic (exact) mass is 257 g/mol. The van der Waals surface area contributed by atoms with E-state index in [0.29, 0.717) is 6.04 Å². The fraction of sp³-hybridized carbons (Fsp3) is 0.438. The molecule has 0 spiro atoms. The smallest absolute Gasteiger partial charge is 0.0489 e. The highest BCUT2D eigenvalue weighted by atomic mass is 15.3. The van der Waals surface area contributed by atoms with Gasteiger partial charge in [0, 0.05) is 25.0 Å². The number of nitrogens with zero attached hydrogens (tertiary/aromatic N) is 2. The van der Waals surface area contributed by atoms with Crippen LogP contribution in [0.15, 0.2) is 36.7 Å². The van der Waals surface area contributed by atoms with E-state index in [4.69, 9.17) is 0 Å². The molecule has 0 saturated carbocycles. The van der Waals surface area contributed by atoms with Gasteiger partial charge in [-0.25, -0.2) is 0 Å². The molecule has 0 amide bonds. The van der Waals surface area contributed by atoms with E-state index >= 15 is 0 Å². The summed E-state index contributed by atoms with van der Waals surface area (Å²) in [6, 6.07) is 9.06. The second kappa shape index (κ2) is 6.53. The minimum atomic E-state index is 0.400. The van der Waals surface area contributed by atoms with Crippen LogP contribution in [-0.2, 0) is 6.54 Å². The van der Waals surface area contributed by atoms with Crippen molar-refractivity contribution in [3.05, 3.63) is 53.3 Å². The maximum atomic E-state index is 4.20. The van der Waals surface area contributed by atoms with Gasteiger partial charge in [-0.2, -0.15) is 5.10 Å². The lowest BCUT2D eigenvalue weighted by Crippen LogP contribution is -2.21. The Balaban J connectivity index is 1.77. The Morgan fingerprint density at radius 2 is 2.11 bits per heavy atom. The third kappa shape index (κ3) is 3.93. The van der Waals surface area contributed by atoms with E-state index in [9.17, 15) is 0 Å². The number of aryl methyl sites for hydroxylation is 3. The SMILES string of the molecule is Cc1ccc(C(C)NCCCn2cccn2)cc1C. The summed E-state index contributed by atoms with van der Waals surface area (Å²) < 4.78 is 1.97. The van der Waals surface area contributed by atoms with Crippen LogP contribution in [0.5, 0.6) is 0 Å². The largest absolute Gasteiger partial charge is 0.310 e. The molecule has 3 nitrogen and oxygen atoms in total. The van der Waals surface area contributed by atoms with Gasteiger partial charge in [0.25, 0.3) is 0 Å². The van der Waals surface area contributed by atoms with Crippen LogP contribution in [0.4, 0.5) is 0 Å². The quantitative estimate of drug-likeness (QED) is 0.805. The number of hydrogen-bond donors (Lipinski definition) is 1. The van der Waals surface area contributed by atoms with E-state index in [1.54, 1.807) is 0 Å². The maximum absolute atomic E-state index is 4.20. The van der Waals surface area contributed by atoms with E-state index in [1.807, 2.05) is 23.1 Å². The van der Waals surface area contributed by atoms with Crippen LogP contribution < -0.4 is 5.32 Å². The summed E-state index contributed by atoms with van der Waals surface area (Å²) in [7, 11) is 0. The summed E-state index contributed by atoms with van der Waals surface area (Å²) in [4.78, 5) is 0. The van der Waals surface area contributed by atoms with Crippen molar-refractivity contribution in [1.29, 1.82) is 0 Å². The van der Waals surface area contributed by atoms with Gasteiger partial charge in [-0.3, -0.25) is 4.68 Å². The van der Waals surface area contributed by atoms with Crippen molar-refractivity contribution in [3.63, 3.8) is 0 Å². The van der Waals surface area contributed by atoms with Crippen molar-refractivity contribution in [1.82, 2.24) is 15.1 Å². The van der Waals surface area contributed by atoms with Gasteiger partial charge in [-0.05, 0) is 56.5 Å². The third-order valence-electron chi connectivity index (χ3n) is 3.60. The van der Waals surface area contributed by atoms with Gasteiger partial charge in [-0.15, -0.1) is 0 Å². The lowest BCUT2D eigenvalue weighted by molar-refractivity contribution is 0.507. The number of rotatable bonds is 6. The maximum Gasteiger partial charge on any atom is 0.0489 e. The Morgan fingerprint density at radius 3 is 2.79 bits per heavy atom. The zero-order valence-corrected chi connectivity index (χ0v) is 12.1. The highest BCUT2D eigenvalue weighted by Crippen LogP contribution is 2.16. The van der Waals surface area contributed by atoms with Crippen molar-refractivity contribution in [2.45, 2.75) is 39.8 Å². The van der Waals surface area contributed by atoms with Gasteiger partial charge >= 0.3 is 0 Å². The molecule has 1 aromatic carbocycles. The molecule has 0 aliphatic carbocycles. The summed E-state index contributed by atoms with van der Waals surface area (Å²) in [6.45, 7) is 8.52. The van der Waals surface area contributed by atoms with Crippen LogP contribution in [0.3, 0.4) is 0 Å². The Morgan fingerprint density at radius 1 is 1.26 bits per heavy atom. The topological polar surface area (TPSA) is 29.9 Å². The van der Waals surface area contributed by atoms with Gasteiger partial charge in [0.15, 0.2) is 0 Å². The molecular weight excluding hydrogens is 234 g/mol. The van der Waals surface area contributed by atoms with E-state index in [1.165, 1.54) is 16.7 Å². The minimum Gasteiger partial charge on any atom is -0.310 e. The average molecular weight is 257 g/mol. The van der Waals surface area contributed by atoms with Crippen LogP contribution in [0.1, 0.15) is 36.1 Å². The molecule has 1 heterocycles. The summed E-state index contributed by atoms with van der Waals surface area (Å²) >= 11 is 0. The zero-order valence-electron chi connectivity index (χ0n) is 12.1. The third-order valence-corrected chi connectivity index (χ3v) is 3.60. The van der Waals surface area contributed by atoms with E-state index in [0.717, 1.165) is 19.5 Å². The second-order valence-corrected chi connectivity index (χ2v) is 5.14. The fourth-order valence-corrected chi connectivity index (χ4v) is 2.14. The average Bonchev–Trinajstić information content (AvgIpc) is 2.91. The number of hydrogen-bond acceptors (Lipinski definition) is 2. The lowest BCUT2D eigenvalue weighted by atomic mass is 10.0. The van der Waals surface area contributed by atoms with Crippen LogP contribution in [0.2, 0.25) is 0 Å². The Labute approximate surface area is 115 Å². The minimum absolute atomic E-state index is 0.400.